The first-order chi connectivity index (χ1) is 15.7. The maximum absolute atomic E-state index is 13.0. The monoisotopic (exact) mass is 462 g/mol. The Morgan fingerprint density at radius 3 is 2.15 bits per heavy atom. The third-order valence-corrected chi connectivity index (χ3v) is 5.37. The summed E-state index contributed by atoms with van der Waals surface area (Å²) < 4.78 is 0. The van der Waals surface area contributed by atoms with Crippen molar-refractivity contribution in [2.45, 2.75) is 77.8 Å². The van der Waals surface area contributed by atoms with E-state index in [0.29, 0.717) is 12.8 Å². The van der Waals surface area contributed by atoms with Crippen LogP contribution in [0.4, 0.5) is 0 Å². The number of hydrogen-bond donors (Lipinski definition) is 5. The fraction of sp³-hybridized carbons (Fsp3) is 0.583. The van der Waals surface area contributed by atoms with Crippen LogP contribution >= 0.6 is 0 Å². The van der Waals surface area contributed by atoms with Crippen LogP contribution in [0.2, 0.25) is 0 Å². The van der Waals surface area contributed by atoms with Gasteiger partial charge in [0.15, 0.2) is 0 Å². The van der Waals surface area contributed by atoms with Crippen LogP contribution in [-0.2, 0) is 25.6 Å². The second-order valence-corrected chi connectivity index (χ2v) is 8.78. The van der Waals surface area contributed by atoms with Gasteiger partial charge >= 0.3 is 0 Å². The van der Waals surface area contributed by atoms with Crippen LogP contribution in [-0.4, -0.2) is 40.9 Å². The van der Waals surface area contributed by atoms with Crippen molar-refractivity contribution in [3.63, 3.8) is 0 Å². The summed E-state index contributed by atoms with van der Waals surface area (Å²) in [4.78, 5) is 49.6. The minimum atomic E-state index is -0.924. The van der Waals surface area contributed by atoms with Gasteiger partial charge in [0.05, 0.1) is 0 Å². The van der Waals surface area contributed by atoms with Crippen molar-refractivity contribution < 1.29 is 24.4 Å². The number of rotatable bonds is 15. The van der Waals surface area contributed by atoms with Crippen LogP contribution in [0, 0.1) is 11.8 Å². The lowest BCUT2D eigenvalue weighted by Crippen LogP contribution is -2.54. The highest BCUT2D eigenvalue weighted by Gasteiger charge is 2.29. The lowest BCUT2D eigenvalue weighted by molar-refractivity contribution is -0.137. The van der Waals surface area contributed by atoms with E-state index in [0.717, 1.165) is 24.8 Å². The van der Waals surface area contributed by atoms with E-state index >= 15 is 0 Å². The molecule has 1 aromatic rings. The van der Waals surface area contributed by atoms with Gasteiger partial charge in [-0.15, -0.1) is 0 Å². The minimum absolute atomic E-state index is 0.0847. The molecule has 0 aliphatic carbocycles. The van der Waals surface area contributed by atoms with Gasteiger partial charge in [0.2, 0.25) is 23.6 Å². The van der Waals surface area contributed by atoms with Crippen molar-refractivity contribution in [3.8, 4) is 0 Å². The van der Waals surface area contributed by atoms with E-state index in [4.69, 9.17) is 10.9 Å². The number of carbonyl (C=O) groups excluding carboxylic acids is 4. The number of primary amides is 1. The number of benzene rings is 1. The number of nitrogens with two attached hydrogens (primary N) is 1. The quantitative estimate of drug-likeness (QED) is 0.153. The molecule has 1 aromatic carbocycles. The fourth-order valence-electron chi connectivity index (χ4n) is 3.57. The van der Waals surface area contributed by atoms with E-state index in [9.17, 15) is 19.2 Å². The van der Waals surface area contributed by atoms with Gasteiger partial charge in [-0.2, -0.15) is 0 Å². The maximum Gasteiger partial charge on any atom is 0.244 e. The number of hydrogen-bond acceptors (Lipinski definition) is 5. The number of amides is 4. The molecule has 0 saturated heterocycles. The number of carbonyl (C=O) groups is 4. The van der Waals surface area contributed by atoms with E-state index in [1.54, 1.807) is 5.48 Å². The highest BCUT2D eigenvalue weighted by atomic mass is 16.5. The van der Waals surface area contributed by atoms with Gasteiger partial charge in [-0.1, -0.05) is 70.4 Å². The summed E-state index contributed by atoms with van der Waals surface area (Å²) in [5, 5.41) is 14.3. The summed E-state index contributed by atoms with van der Waals surface area (Å²) in [6, 6.07) is 7.37. The molecule has 0 aliphatic heterocycles. The first kappa shape index (κ1) is 28.1. The molecule has 3 atom stereocenters. The van der Waals surface area contributed by atoms with Crippen molar-refractivity contribution in [1.29, 1.82) is 0 Å². The smallest absolute Gasteiger partial charge is 0.244 e. The zero-order chi connectivity index (χ0) is 24.8. The highest BCUT2D eigenvalue weighted by molar-refractivity contribution is 5.93. The minimum Gasteiger partial charge on any atom is -0.368 e. The Kier molecular flexibility index (Phi) is 12.8. The van der Waals surface area contributed by atoms with Gasteiger partial charge in [0.1, 0.15) is 12.1 Å². The predicted octanol–water partition coefficient (Wildman–Crippen LogP) is 1.82. The molecule has 4 amide bonds. The molecule has 0 saturated carbocycles. The zero-order valence-electron chi connectivity index (χ0n) is 19.8. The van der Waals surface area contributed by atoms with Gasteiger partial charge in [0, 0.05) is 18.8 Å². The summed E-state index contributed by atoms with van der Waals surface area (Å²) in [5.41, 5.74) is 7.92. The SMILES string of the molecule is CCCCC[C@@H](CC(=O)NO)C(=O)N[C@H](CC(C)C)C(=O)N[C@@H](Cc1ccccc1)C(N)=O. The molecule has 9 nitrogen and oxygen atoms in total. The number of nitrogens with one attached hydrogen (secondary N) is 3. The third-order valence-electron chi connectivity index (χ3n) is 5.37. The fourth-order valence-corrected chi connectivity index (χ4v) is 3.57. The molecule has 33 heavy (non-hydrogen) atoms. The van der Waals surface area contributed by atoms with Crippen molar-refractivity contribution >= 4 is 23.6 Å². The molecule has 0 bridgehead atoms. The Morgan fingerprint density at radius 1 is 0.970 bits per heavy atom. The van der Waals surface area contributed by atoms with Crippen LogP contribution in [0.1, 0.15) is 64.9 Å². The summed E-state index contributed by atoms with van der Waals surface area (Å²) in [5.74, 6) is -2.86. The van der Waals surface area contributed by atoms with Gasteiger partial charge in [-0.25, -0.2) is 5.48 Å². The molecule has 0 aromatic heterocycles. The Hall–Kier alpha value is -2.94. The standard InChI is InChI=1S/C24H38N4O5/c1-4-5-7-12-18(15-21(29)28-33)23(31)27-20(13-16(2)3)24(32)26-19(22(25)30)14-17-10-8-6-9-11-17/h6,8-11,16,18-20,33H,4-5,7,12-15H2,1-3H3,(H2,25,30)(H,26,32)(H,27,31)(H,28,29)/t18-,19-,20+/m0/s1. The second-order valence-electron chi connectivity index (χ2n) is 8.78. The Labute approximate surface area is 195 Å². The summed E-state index contributed by atoms with van der Waals surface area (Å²) in [6.45, 7) is 5.86. The van der Waals surface area contributed by atoms with Gasteiger partial charge in [0.25, 0.3) is 0 Å². The second kappa shape index (κ2) is 15.0. The largest absolute Gasteiger partial charge is 0.368 e. The summed E-state index contributed by atoms with van der Waals surface area (Å²) in [6.07, 6.45) is 3.47. The van der Waals surface area contributed by atoms with E-state index in [2.05, 4.69) is 10.6 Å². The molecular weight excluding hydrogens is 424 g/mol. The van der Waals surface area contributed by atoms with E-state index in [1.165, 1.54) is 0 Å². The van der Waals surface area contributed by atoms with E-state index in [1.807, 2.05) is 51.1 Å². The van der Waals surface area contributed by atoms with Crippen LogP contribution in [0.25, 0.3) is 0 Å². The summed E-state index contributed by atoms with van der Waals surface area (Å²) >= 11 is 0. The molecule has 0 heterocycles. The lowest BCUT2D eigenvalue weighted by atomic mass is 9.95. The molecular formula is C24H38N4O5. The lowest BCUT2D eigenvalue weighted by Gasteiger charge is -2.25. The van der Waals surface area contributed by atoms with Crippen LogP contribution in [0.5, 0.6) is 0 Å². The third kappa shape index (κ3) is 11.0. The molecule has 0 aliphatic rings. The average Bonchev–Trinajstić information content (AvgIpc) is 2.77. The molecule has 1 rings (SSSR count). The highest BCUT2D eigenvalue weighted by Crippen LogP contribution is 2.16. The molecule has 0 unspecified atom stereocenters. The van der Waals surface area contributed by atoms with Crippen molar-refractivity contribution in [2.24, 2.45) is 17.6 Å². The number of unbranched alkanes of at least 4 members (excludes halogenated alkanes) is 2. The van der Waals surface area contributed by atoms with E-state index < -0.39 is 41.6 Å². The molecule has 0 radical (unpaired) electrons. The van der Waals surface area contributed by atoms with Gasteiger partial charge in [-0.05, 0) is 24.3 Å². The summed E-state index contributed by atoms with van der Waals surface area (Å²) in [7, 11) is 0. The molecule has 184 valence electrons. The number of hydroxylamine groups is 1. The topological polar surface area (TPSA) is 151 Å². The molecule has 9 heteroatoms. The Balaban J connectivity index is 2.93. The normalized spacial score (nSPS) is 13.6. The van der Waals surface area contributed by atoms with Gasteiger partial charge in [-0.3, -0.25) is 24.4 Å². The van der Waals surface area contributed by atoms with Crippen LogP contribution < -0.4 is 21.8 Å². The first-order valence-corrected chi connectivity index (χ1v) is 11.5. The Morgan fingerprint density at radius 2 is 1.61 bits per heavy atom. The van der Waals surface area contributed by atoms with Gasteiger partial charge < -0.3 is 16.4 Å². The van der Waals surface area contributed by atoms with Crippen molar-refractivity contribution in [3.05, 3.63) is 35.9 Å². The van der Waals surface area contributed by atoms with Crippen molar-refractivity contribution in [2.75, 3.05) is 0 Å². The predicted molar refractivity (Wildman–Crippen MR) is 125 cm³/mol. The first-order valence-electron chi connectivity index (χ1n) is 11.5. The van der Waals surface area contributed by atoms with Crippen LogP contribution in [0.15, 0.2) is 30.3 Å². The Bertz CT molecular complexity index is 769. The molecule has 0 spiro atoms. The van der Waals surface area contributed by atoms with E-state index in [-0.39, 0.29) is 18.8 Å². The zero-order valence-corrected chi connectivity index (χ0v) is 19.8. The van der Waals surface area contributed by atoms with Crippen molar-refractivity contribution in [1.82, 2.24) is 16.1 Å². The molecule has 0 fully saturated rings. The average molecular weight is 463 g/mol. The van der Waals surface area contributed by atoms with Crippen LogP contribution in [0.3, 0.4) is 0 Å². The maximum atomic E-state index is 13.0. The molecule has 6 N–H and O–H groups in total.